The molecule has 9 nitrogen and oxygen atoms in total. The Balaban J connectivity index is 1.50. The van der Waals surface area contributed by atoms with Crippen molar-refractivity contribution in [2.24, 2.45) is 0 Å². The molecule has 30 heavy (non-hydrogen) atoms. The second kappa shape index (κ2) is 8.83. The molecule has 0 bridgehead atoms. The second-order valence-electron chi connectivity index (χ2n) is 7.99. The lowest BCUT2D eigenvalue weighted by atomic mass is 9.92. The van der Waals surface area contributed by atoms with Crippen LogP contribution >= 0.6 is 0 Å². The third kappa shape index (κ3) is 4.16. The highest BCUT2D eigenvalue weighted by Crippen LogP contribution is 2.29. The number of aromatic nitrogens is 3. The molecule has 0 aliphatic carbocycles. The van der Waals surface area contributed by atoms with Crippen LogP contribution in [0, 0.1) is 0 Å². The average molecular weight is 412 g/mol. The van der Waals surface area contributed by atoms with Gasteiger partial charge in [-0.05, 0) is 25.0 Å². The fourth-order valence-electron chi connectivity index (χ4n) is 4.09. The van der Waals surface area contributed by atoms with Gasteiger partial charge in [0.15, 0.2) is 0 Å². The van der Waals surface area contributed by atoms with Crippen molar-refractivity contribution in [1.82, 2.24) is 25.0 Å². The molecular weight excluding hydrogens is 384 g/mol. The van der Waals surface area contributed by atoms with E-state index < -0.39 is 0 Å². The monoisotopic (exact) mass is 412 g/mol. The number of nitrogens with one attached hydrogen (secondary N) is 1. The zero-order valence-corrected chi connectivity index (χ0v) is 17.5. The zero-order valence-electron chi connectivity index (χ0n) is 17.5. The Morgan fingerprint density at radius 2 is 1.97 bits per heavy atom. The molecule has 0 radical (unpaired) electrons. The number of hydrogen-bond donors (Lipinski definition) is 1. The average Bonchev–Trinajstić information content (AvgIpc) is 3.29. The van der Waals surface area contributed by atoms with Gasteiger partial charge in [-0.2, -0.15) is 5.10 Å². The largest absolute Gasteiger partial charge is 0.378 e. The van der Waals surface area contributed by atoms with Crippen LogP contribution in [-0.2, 0) is 4.74 Å². The Kier molecular flexibility index (Phi) is 5.98. The van der Waals surface area contributed by atoms with E-state index in [1.807, 2.05) is 36.0 Å². The smallest absolute Gasteiger partial charge is 0.272 e. The van der Waals surface area contributed by atoms with Gasteiger partial charge in [0.05, 0.1) is 30.7 Å². The fraction of sp³-hybridized carbons (Fsp3) is 0.524. The first-order valence-corrected chi connectivity index (χ1v) is 10.4. The van der Waals surface area contributed by atoms with Gasteiger partial charge in [0.1, 0.15) is 5.69 Å². The van der Waals surface area contributed by atoms with Gasteiger partial charge < -0.3 is 19.4 Å². The first kappa shape index (κ1) is 20.3. The van der Waals surface area contributed by atoms with Crippen LogP contribution < -0.4 is 4.90 Å². The molecule has 2 fully saturated rings. The Morgan fingerprint density at radius 3 is 2.73 bits per heavy atom. The van der Waals surface area contributed by atoms with Crippen LogP contribution in [0.4, 0.5) is 5.69 Å². The molecule has 2 saturated heterocycles. The minimum absolute atomic E-state index is 0.0224. The fourth-order valence-corrected chi connectivity index (χ4v) is 4.09. The molecule has 4 rings (SSSR count). The van der Waals surface area contributed by atoms with Crippen molar-refractivity contribution in [2.75, 3.05) is 58.4 Å². The summed E-state index contributed by atoms with van der Waals surface area (Å²) in [5.74, 6) is -0.0583. The molecule has 0 unspecified atom stereocenters. The lowest BCUT2D eigenvalue weighted by Gasteiger charge is -2.33. The molecule has 2 amide bonds. The number of likely N-dealkylation sites (tertiary alicyclic amines) is 1. The lowest BCUT2D eigenvalue weighted by Crippen LogP contribution is -2.42. The van der Waals surface area contributed by atoms with Crippen molar-refractivity contribution in [3.05, 3.63) is 41.5 Å². The minimum atomic E-state index is -0.0797. The normalized spacial score (nSPS) is 19.6. The first-order valence-electron chi connectivity index (χ1n) is 10.4. The van der Waals surface area contributed by atoms with E-state index in [-0.39, 0.29) is 17.7 Å². The predicted molar refractivity (Wildman–Crippen MR) is 112 cm³/mol. The molecule has 0 saturated carbocycles. The molecule has 0 aromatic carbocycles. The number of rotatable bonds is 4. The molecule has 9 heteroatoms. The quantitative estimate of drug-likeness (QED) is 0.815. The minimum Gasteiger partial charge on any atom is -0.378 e. The highest BCUT2D eigenvalue weighted by molar-refractivity contribution is 5.95. The second-order valence-corrected chi connectivity index (χ2v) is 7.99. The molecule has 2 aliphatic rings. The van der Waals surface area contributed by atoms with E-state index in [0.717, 1.165) is 24.2 Å². The van der Waals surface area contributed by atoms with Crippen LogP contribution in [0.25, 0.3) is 0 Å². The summed E-state index contributed by atoms with van der Waals surface area (Å²) >= 11 is 0. The van der Waals surface area contributed by atoms with E-state index in [0.29, 0.717) is 50.7 Å². The molecule has 2 aromatic heterocycles. The third-order valence-corrected chi connectivity index (χ3v) is 5.79. The molecule has 160 valence electrons. The number of amides is 2. The maximum atomic E-state index is 13.1. The first-order chi connectivity index (χ1) is 14.5. The predicted octanol–water partition coefficient (Wildman–Crippen LogP) is 1.36. The number of carbonyl (C=O) groups excluding carboxylic acids is 2. The standard InChI is InChI=1S/C21H28N6O3/c1-25(2)16-5-6-22-18(12-16)21(29)27-7-3-4-15(14-27)19-17(13-23-24-19)20(28)26-8-10-30-11-9-26/h5-6,12-13,15H,3-4,7-11,14H2,1-2H3,(H,23,24)/t15-/m1/s1. The summed E-state index contributed by atoms with van der Waals surface area (Å²) in [6, 6.07) is 3.69. The summed E-state index contributed by atoms with van der Waals surface area (Å²) in [6.45, 7) is 3.52. The van der Waals surface area contributed by atoms with Crippen LogP contribution in [0.2, 0.25) is 0 Å². The zero-order chi connectivity index (χ0) is 21.1. The maximum absolute atomic E-state index is 13.1. The summed E-state index contributed by atoms with van der Waals surface area (Å²) in [5.41, 5.74) is 2.80. The number of ether oxygens (including phenoxy) is 1. The number of nitrogens with zero attached hydrogens (tertiary/aromatic N) is 5. The Morgan fingerprint density at radius 1 is 1.17 bits per heavy atom. The van der Waals surface area contributed by atoms with Gasteiger partial charge in [-0.1, -0.05) is 0 Å². The third-order valence-electron chi connectivity index (χ3n) is 5.79. The highest BCUT2D eigenvalue weighted by atomic mass is 16.5. The molecule has 1 N–H and O–H groups in total. The van der Waals surface area contributed by atoms with Gasteiger partial charge in [-0.15, -0.1) is 0 Å². The van der Waals surface area contributed by atoms with Crippen LogP contribution in [0.3, 0.4) is 0 Å². The molecule has 2 aromatic rings. The summed E-state index contributed by atoms with van der Waals surface area (Å²) in [4.78, 5) is 35.9. The van der Waals surface area contributed by atoms with Gasteiger partial charge in [-0.25, -0.2) is 0 Å². The summed E-state index contributed by atoms with van der Waals surface area (Å²) in [7, 11) is 3.87. The van der Waals surface area contributed by atoms with Gasteiger partial charge in [0.25, 0.3) is 11.8 Å². The van der Waals surface area contributed by atoms with Crippen molar-refractivity contribution >= 4 is 17.5 Å². The van der Waals surface area contributed by atoms with Crippen molar-refractivity contribution in [2.45, 2.75) is 18.8 Å². The van der Waals surface area contributed by atoms with Crippen molar-refractivity contribution < 1.29 is 14.3 Å². The van der Waals surface area contributed by atoms with E-state index in [4.69, 9.17) is 4.74 Å². The maximum Gasteiger partial charge on any atom is 0.272 e. The van der Waals surface area contributed by atoms with Gasteiger partial charge in [0, 0.05) is 58.1 Å². The molecule has 4 heterocycles. The number of hydrogen-bond acceptors (Lipinski definition) is 6. The number of H-pyrrole nitrogens is 1. The Hall–Kier alpha value is -2.94. The summed E-state index contributed by atoms with van der Waals surface area (Å²) < 4.78 is 5.35. The van der Waals surface area contributed by atoms with E-state index in [1.165, 1.54) is 0 Å². The topological polar surface area (TPSA) is 94.7 Å². The van der Waals surface area contributed by atoms with E-state index in [1.54, 1.807) is 17.3 Å². The van der Waals surface area contributed by atoms with E-state index in [2.05, 4.69) is 15.2 Å². The number of anilines is 1. The lowest BCUT2D eigenvalue weighted by molar-refractivity contribution is 0.0301. The van der Waals surface area contributed by atoms with Crippen LogP contribution in [0.5, 0.6) is 0 Å². The van der Waals surface area contributed by atoms with Crippen LogP contribution in [0.15, 0.2) is 24.5 Å². The van der Waals surface area contributed by atoms with Crippen molar-refractivity contribution in [3.63, 3.8) is 0 Å². The highest BCUT2D eigenvalue weighted by Gasteiger charge is 2.31. The summed E-state index contributed by atoms with van der Waals surface area (Å²) in [6.07, 6.45) is 5.04. The van der Waals surface area contributed by atoms with Crippen molar-refractivity contribution in [1.29, 1.82) is 0 Å². The number of morpholine rings is 1. The van der Waals surface area contributed by atoms with Crippen molar-refractivity contribution in [3.8, 4) is 0 Å². The number of aromatic amines is 1. The number of pyridine rings is 1. The Labute approximate surface area is 176 Å². The van der Waals surface area contributed by atoms with Gasteiger partial charge in [-0.3, -0.25) is 19.7 Å². The van der Waals surface area contributed by atoms with E-state index >= 15 is 0 Å². The van der Waals surface area contributed by atoms with Gasteiger partial charge >= 0.3 is 0 Å². The Bertz CT molecular complexity index is 906. The SMILES string of the molecule is CN(C)c1ccnc(C(=O)N2CCC[C@@H](c3[nH]ncc3C(=O)N3CCOCC3)C2)c1. The molecule has 1 atom stereocenters. The van der Waals surface area contributed by atoms with E-state index in [9.17, 15) is 9.59 Å². The molecule has 0 spiro atoms. The number of piperidine rings is 1. The molecular formula is C21H28N6O3. The van der Waals surface area contributed by atoms with Crippen LogP contribution in [0.1, 0.15) is 45.3 Å². The summed E-state index contributed by atoms with van der Waals surface area (Å²) in [5, 5.41) is 7.18. The molecule has 2 aliphatic heterocycles. The van der Waals surface area contributed by atoms with Gasteiger partial charge in [0.2, 0.25) is 0 Å². The van der Waals surface area contributed by atoms with Crippen LogP contribution in [-0.4, -0.2) is 90.3 Å². The number of carbonyl (C=O) groups is 2.